The van der Waals surface area contributed by atoms with Crippen molar-refractivity contribution in [1.82, 2.24) is 41.0 Å². The Labute approximate surface area is 313 Å². The Morgan fingerprint density at radius 2 is 1.62 bits per heavy atom. The van der Waals surface area contributed by atoms with Crippen LogP contribution in [-0.2, 0) is 24.0 Å². The molecule has 1 unspecified atom stereocenters. The Morgan fingerprint density at radius 1 is 0.981 bits per heavy atom. The first kappa shape index (κ1) is 41.2. The van der Waals surface area contributed by atoms with Crippen LogP contribution in [0, 0.1) is 28.6 Å². The molecule has 0 aromatic carbocycles. The van der Waals surface area contributed by atoms with Crippen molar-refractivity contribution in [3.63, 3.8) is 0 Å². The molecule has 1 aromatic rings. The van der Waals surface area contributed by atoms with Gasteiger partial charge in [0.1, 0.15) is 18.1 Å². The monoisotopic (exact) mass is 737 g/mol. The van der Waals surface area contributed by atoms with Gasteiger partial charge in [-0.1, -0.05) is 74.3 Å². The first-order chi connectivity index (χ1) is 24.9. The summed E-state index contributed by atoms with van der Waals surface area (Å²) in [6.07, 6.45) is 6.46. The lowest BCUT2D eigenvalue weighted by Gasteiger charge is -2.39. The Bertz CT molecular complexity index is 1520. The van der Waals surface area contributed by atoms with E-state index in [2.05, 4.69) is 51.7 Å². The number of piperazine rings is 1. The van der Waals surface area contributed by atoms with E-state index in [4.69, 9.17) is 0 Å². The van der Waals surface area contributed by atoms with Crippen LogP contribution in [0.4, 0.5) is 10.7 Å². The van der Waals surface area contributed by atoms with Crippen molar-refractivity contribution in [3.8, 4) is 0 Å². The topological polar surface area (TPSA) is 186 Å². The summed E-state index contributed by atoms with van der Waals surface area (Å²) in [6, 6.07) is -2.74. The standard InChI is InChI=1S/C38H59N9O6/c1-10-12-14-25(29(48)32(50)39-15-11-2)42-31(49)28-26-24(38(26,8)9)22-47(28)34(52)30(37(5,6)7)44-36(53)43-27(23(3)4)33(51)45-18-20-46(21-19-45)35-40-16-13-17-41-35/h11,13,16-17,23-28,30H,2,10,12,14-15,18-22H2,1,3-9H3,(H,39,50)(H,42,49)(H2,43,44,53)/t24-,25?,26-,27-,28-,30+/m0/s1. The minimum Gasteiger partial charge on any atom is -0.346 e. The maximum Gasteiger partial charge on any atom is 0.316 e. The molecule has 3 heterocycles. The average molecular weight is 738 g/mol. The Hall–Kier alpha value is -4.56. The van der Waals surface area contributed by atoms with E-state index in [9.17, 15) is 28.8 Å². The molecule has 1 aliphatic carbocycles. The van der Waals surface area contributed by atoms with Crippen LogP contribution in [0.3, 0.4) is 0 Å². The fourth-order valence-electron chi connectivity index (χ4n) is 7.58. The zero-order valence-corrected chi connectivity index (χ0v) is 32.6. The smallest absolute Gasteiger partial charge is 0.316 e. The van der Waals surface area contributed by atoms with Crippen LogP contribution in [0.5, 0.6) is 0 Å². The lowest BCUT2D eigenvalue weighted by Crippen LogP contribution is -2.63. The highest BCUT2D eigenvalue weighted by atomic mass is 16.2. The predicted octanol–water partition coefficient (Wildman–Crippen LogP) is 1.89. The maximum atomic E-state index is 14.5. The number of likely N-dealkylation sites (tertiary alicyclic amines) is 1. The summed E-state index contributed by atoms with van der Waals surface area (Å²) in [5, 5.41) is 11.0. The van der Waals surface area contributed by atoms with E-state index in [1.54, 1.807) is 23.4 Å². The number of carbonyl (C=O) groups is 6. The number of aromatic nitrogens is 2. The minimum absolute atomic E-state index is 0.0502. The molecule has 4 rings (SSSR count). The molecule has 2 aliphatic heterocycles. The van der Waals surface area contributed by atoms with E-state index < -0.39 is 59.1 Å². The van der Waals surface area contributed by atoms with Crippen molar-refractivity contribution in [2.75, 3.05) is 44.2 Å². The average Bonchev–Trinajstić information content (AvgIpc) is 3.42. The molecule has 15 nitrogen and oxygen atoms in total. The number of piperidine rings is 1. The second-order valence-electron chi connectivity index (χ2n) is 16.5. The molecule has 6 atom stereocenters. The SMILES string of the molecule is C=CCNC(=O)C(=O)C(CCCC)NC(=O)[C@@H]1[C@@H]2[C@H](CN1C(=O)[C@@H](NC(=O)N[C@H](C(=O)N1CCN(c3ncccn3)CC1)C(C)C)C(C)(C)C)C2(C)C. The van der Waals surface area contributed by atoms with Crippen LogP contribution >= 0.6 is 0 Å². The predicted molar refractivity (Wildman–Crippen MR) is 200 cm³/mol. The Kier molecular flexibility index (Phi) is 13.3. The number of nitrogens with one attached hydrogen (secondary N) is 4. The van der Waals surface area contributed by atoms with Gasteiger partial charge in [-0.15, -0.1) is 6.58 Å². The van der Waals surface area contributed by atoms with Gasteiger partial charge < -0.3 is 36.0 Å². The number of urea groups is 1. The number of hydrogen-bond donors (Lipinski definition) is 4. The molecule has 2 saturated heterocycles. The van der Waals surface area contributed by atoms with Gasteiger partial charge in [0.15, 0.2) is 0 Å². The van der Waals surface area contributed by atoms with E-state index in [0.717, 1.165) is 6.42 Å². The molecule has 292 valence electrons. The lowest BCUT2D eigenvalue weighted by molar-refractivity contribution is -0.145. The van der Waals surface area contributed by atoms with Crippen LogP contribution in [0.15, 0.2) is 31.1 Å². The van der Waals surface area contributed by atoms with Gasteiger partial charge in [0.05, 0.1) is 6.04 Å². The third-order valence-electron chi connectivity index (χ3n) is 10.9. The highest BCUT2D eigenvalue weighted by molar-refractivity contribution is 6.38. The number of anilines is 1. The van der Waals surface area contributed by atoms with Gasteiger partial charge in [0.25, 0.3) is 5.91 Å². The third-order valence-corrected chi connectivity index (χ3v) is 10.9. The van der Waals surface area contributed by atoms with E-state index in [1.807, 2.05) is 46.4 Å². The molecule has 0 bridgehead atoms. The number of nitrogens with zero attached hydrogens (tertiary/aromatic N) is 5. The number of rotatable bonds is 15. The highest BCUT2D eigenvalue weighted by Gasteiger charge is 2.70. The number of amides is 6. The number of ketones is 1. The van der Waals surface area contributed by atoms with Crippen LogP contribution < -0.4 is 26.2 Å². The van der Waals surface area contributed by atoms with Crippen molar-refractivity contribution < 1.29 is 28.8 Å². The lowest BCUT2D eigenvalue weighted by atomic mass is 9.85. The summed E-state index contributed by atoms with van der Waals surface area (Å²) in [6.45, 7) is 21.2. The summed E-state index contributed by atoms with van der Waals surface area (Å²) >= 11 is 0. The van der Waals surface area contributed by atoms with Crippen molar-refractivity contribution in [1.29, 1.82) is 0 Å². The summed E-state index contributed by atoms with van der Waals surface area (Å²) in [5.41, 5.74) is -0.983. The van der Waals surface area contributed by atoms with Gasteiger partial charge in [-0.25, -0.2) is 14.8 Å². The number of unbranched alkanes of at least 4 members (excludes halogenated alkanes) is 1. The maximum absolute atomic E-state index is 14.5. The largest absolute Gasteiger partial charge is 0.346 e. The molecule has 4 N–H and O–H groups in total. The van der Waals surface area contributed by atoms with E-state index >= 15 is 0 Å². The van der Waals surface area contributed by atoms with E-state index in [1.165, 1.54) is 11.0 Å². The highest BCUT2D eigenvalue weighted by Crippen LogP contribution is 2.65. The molecular weight excluding hydrogens is 678 g/mol. The van der Waals surface area contributed by atoms with E-state index in [-0.39, 0.29) is 42.0 Å². The first-order valence-corrected chi connectivity index (χ1v) is 18.9. The Balaban J connectivity index is 1.47. The number of Topliss-reactive ketones (excluding diaryl/α,β-unsaturated/α-hetero) is 1. The zero-order valence-electron chi connectivity index (χ0n) is 32.6. The Morgan fingerprint density at radius 3 is 2.19 bits per heavy atom. The molecule has 6 amide bonds. The summed E-state index contributed by atoms with van der Waals surface area (Å²) < 4.78 is 0. The molecule has 0 radical (unpaired) electrons. The third kappa shape index (κ3) is 9.52. The van der Waals surface area contributed by atoms with Crippen molar-refractivity contribution >= 4 is 41.4 Å². The fourth-order valence-corrected chi connectivity index (χ4v) is 7.58. The van der Waals surface area contributed by atoms with Crippen LogP contribution in [0.2, 0.25) is 0 Å². The summed E-state index contributed by atoms with van der Waals surface area (Å²) in [5.74, 6) is -2.44. The fraction of sp³-hybridized carbons (Fsp3) is 0.684. The quantitative estimate of drug-likeness (QED) is 0.154. The molecule has 1 aromatic heterocycles. The second-order valence-corrected chi connectivity index (χ2v) is 16.5. The van der Waals surface area contributed by atoms with Crippen LogP contribution in [-0.4, -0.2) is 119 Å². The van der Waals surface area contributed by atoms with Crippen molar-refractivity contribution in [2.45, 2.75) is 98.8 Å². The van der Waals surface area contributed by atoms with Gasteiger partial charge >= 0.3 is 6.03 Å². The van der Waals surface area contributed by atoms with Gasteiger partial charge in [-0.05, 0) is 41.1 Å². The zero-order chi connectivity index (χ0) is 39.2. The summed E-state index contributed by atoms with van der Waals surface area (Å²) in [7, 11) is 0. The van der Waals surface area contributed by atoms with Crippen LogP contribution in [0.25, 0.3) is 0 Å². The molecule has 53 heavy (non-hydrogen) atoms. The normalized spacial score (nSPS) is 22.2. The molecule has 0 spiro atoms. The minimum atomic E-state index is -1.05. The van der Waals surface area contributed by atoms with Crippen LogP contribution in [0.1, 0.15) is 74.7 Å². The molecule has 1 saturated carbocycles. The number of hydrogen-bond acceptors (Lipinski definition) is 9. The molecule has 3 aliphatic rings. The molecular formula is C38H59N9O6. The van der Waals surface area contributed by atoms with Gasteiger partial charge in [0, 0.05) is 51.7 Å². The first-order valence-electron chi connectivity index (χ1n) is 18.9. The molecule has 15 heteroatoms. The number of carbonyl (C=O) groups excluding carboxylic acids is 6. The molecule has 3 fully saturated rings. The summed E-state index contributed by atoms with van der Waals surface area (Å²) in [4.78, 5) is 95.5. The van der Waals surface area contributed by atoms with Gasteiger partial charge in [0.2, 0.25) is 29.5 Å². The second kappa shape index (κ2) is 17.1. The van der Waals surface area contributed by atoms with Crippen molar-refractivity contribution in [3.05, 3.63) is 31.1 Å². The van der Waals surface area contributed by atoms with E-state index in [0.29, 0.717) is 45.1 Å². The number of fused-ring (bicyclic) bond motifs is 1. The van der Waals surface area contributed by atoms with Crippen molar-refractivity contribution in [2.24, 2.45) is 28.6 Å². The van der Waals surface area contributed by atoms with Gasteiger partial charge in [-0.3, -0.25) is 24.0 Å². The van der Waals surface area contributed by atoms with Gasteiger partial charge in [-0.2, -0.15) is 0 Å².